The van der Waals surface area contributed by atoms with E-state index in [1.165, 1.54) is 12.1 Å². The van der Waals surface area contributed by atoms with Crippen molar-refractivity contribution in [1.29, 1.82) is 0 Å². The number of hydrogen-bond donors (Lipinski definition) is 3. The molecule has 0 unspecified atom stereocenters. The molecule has 1 fully saturated rings. The Morgan fingerprint density at radius 3 is 2.52 bits per heavy atom. The van der Waals surface area contributed by atoms with Gasteiger partial charge in [0, 0.05) is 70.1 Å². The molecular weight excluding hydrogens is 346 g/mol. The van der Waals surface area contributed by atoms with Crippen LogP contribution in [0.5, 0.6) is 0 Å². The van der Waals surface area contributed by atoms with Crippen LogP contribution in [0.3, 0.4) is 0 Å². The molecule has 2 rings (SSSR count). The van der Waals surface area contributed by atoms with Crippen LogP contribution in [-0.2, 0) is 4.79 Å². The SMILES string of the molecule is Cl.O=C(CCCNc1ccc([N+](=O)[O-])cc1)NCCN1CCNCC1. The van der Waals surface area contributed by atoms with Crippen LogP contribution in [0.4, 0.5) is 11.4 Å². The minimum absolute atomic E-state index is 0. The van der Waals surface area contributed by atoms with Crippen LogP contribution in [0.2, 0.25) is 0 Å². The first kappa shape index (κ1) is 21.1. The molecule has 8 nitrogen and oxygen atoms in total. The molecule has 9 heteroatoms. The number of piperazine rings is 1. The summed E-state index contributed by atoms with van der Waals surface area (Å²) >= 11 is 0. The molecule has 1 aliphatic rings. The Hall–Kier alpha value is -1.90. The minimum atomic E-state index is -0.422. The molecule has 3 N–H and O–H groups in total. The minimum Gasteiger partial charge on any atom is -0.385 e. The molecule has 1 aliphatic heterocycles. The first-order valence-electron chi connectivity index (χ1n) is 8.33. The van der Waals surface area contributed by atoms with Crippen molar-refractivity contribution in [1.82, 2.24) is 15.5 Å². The number of nitro benzene ring substituents is 1. The van der Waals surface area contributed by atoms with Gasteiger partial charge in [0.15, 0.2) is 0 Å². The van der Waals surface area contributed by atoms with Crippen LogP contribution in [0, 0.1) is 10.1 Å². The molecule has 0 aromatic heterocycles. The molecule has 1 amide bonds. The average molecular weight is 372 g/mol. The number of halogens is 1. The van der Waals surface area contributed by atoms with E-state index in [2.05, 4.69) is 20.9 Å². The van der Waals surface area contributed by atoms with Crippen molar-refractivity contribution >= 4 is 29.7 Å². The van der Waals surface area contributed by atoms with Crippen molar-refractivity contribution in [3.05, 3.63) is 34.4 Å². The standard InChI is InChI=1S/C16H25N5O3.ClH/c22-16(19-10-13-20-11-8-17-9-12-20)2-1-7-18-14-3-5-15(6-4-14)21(23)24;/h3-6,17-18H,1-2,7-13H2,(H,19,22);1H. The Bertz CT molecular complexity index is 535. The van der Waals surface area contributed by atoms with Gasteiger partial charge in [-0.2, -0.15) is 0 Å². The number of nitrogens with one attached hydrogen (secondary N) is 3. The van der Waals surface area contributed by atoms with Gasteiger partial charge in [0.2, 0.25) is 5.91 Å². The molecule has 1 aromatic rings. The number of rotatable bonds is 9. The Morgan fingerprint density at radius 2 is 1.88 bits per heavy atom. The van der Waals surface area contributed by atoms with Crippen LogP contribution in [0.25, 0.3) is 0 Å². The quantitative estimate of drug-likeness (QED) is 0.343. The third-order valence-electron chi connectivity index (χ3n) is 3.95. The van der Waals surface area contributed by atoms with E-state index in [0.717, 1.165) is 44.8 Å². The van der Waals surface area contributed by atoms with Gasteiger partial charge in [0.05, 0.1) is 4.92 Å². The lowest BCUT2D eigenvalue weighted by atomic mass is 10.2. The van der Waals surface area contributed by atoms with Gasteiger partial charge in [-0.15, -0.1) is 12.4 Å². The number of anilines is 1. The van der Waals surface area contributed by atoms with Crippen LogP contribution < -0.4 is 16.0 Å². The molecule has 0 atom stereocenters. The topological polar surface area (TPSA) is 99.5 Å². The van der Waals surface area contributed by atoms with E-state index in [-0.39, 0.29) is 24.0 Å². The molecule has 0 radical (unpaired) electrons. The van der Waals surface area contributed by atoms with E-state index in [9.17, 15) is 14.9 Å². The molecule has 0 spiro atoms. The van der Waals surface area contributed by atoms with E-state index in [4.69, 9.17) is 0 Å². The zero-order valence-corrected chi connectivity index (χ0v) is 15.0. The highest BCUT2D eigenvalue weighted by Crippen LogP contribution is 2.15. The van der Waals surface area contributed by atoms with Crippen LogP contribution >= 0.6 is 12.4 Å². The van der Waals surface area contributed by atoms with Gasteiger partial charge >= 0.3 is 0 Å². The predicted octanol–water partition coefficient (Wildman–Crippen LogP) is 1.23. The van der Waals surface area contributed by atoms with Gasteiger partial charge in [-0.05, 0) is 18.6 Å². The van der Waals surface area contributed by atoms with Gasteiger partial charge in [0.1, 0.15) is 0 Å². The van der Waals surface area contributed by atoms with Crippen molar-refractivity contribution in [3.8, 4) is 0 Å². The van der Waals surface area contributed by atoms with Crippen molar-refractivity contribution < 1.29 is 9.72 Å². The summed E-state index contributed by atoms with van der Waals surface area (Å²) in [6.07, 6.45) is 1.19. The summed E-state index contributed by atoms with van der Waals surface area (Å²) in [7, 11) is 0. The summed E-state index contributed by atoms with van der Waals surface area (Å²) < 4.78 is 0. The number of hydrogen-bond acceptors (Lipinski definition) is 6. The molecule has 1 heterocycles. The number of nitrogens with zero attached hydrogens (tertiary/aromatic N) is 2. The first-order chi connectivity index (χ1) is 11.6. The second-order valence-corrected chi connectivity index (χ2v) is 5.78. The van der Waals surface area contributed by atoms with Crippen molar-refractivity contribution in [3.63, 3.8) is 0 Å². The van der Waals surface area contributed by atoms with Crippen molar-refractivity contribution in [2.24, 2.45) is 0 Å². The van der Waals surface area contributed by atoms with E-state index >= 15 is 0 Å². The normalized spacial score (nSPS) is 14.4. The van der Waals surface area contributed by atoms with Crippen molar-refractivity contribution in [2.45, 2.75) is 12.8 Å². The molecule has 0 aliphatic carbocycles. The zero-order valence-electron chi connectivity index (χ0n) is 14.2. The summed E-state index contributed by atoms with van der Waals surface area (Å²) in [5.41, 5.74) is 0.893. The Balaban J connectivity index is 0.00000312. The highest BCUT2D eigenvalue weighted by Gasteiger charge is 2.09. The maximum Gasteiger partial charge on any atom is 0.269 e. The Labute approximate surface area is 153 Å². The second kappa shape index (κ2) is 11.6. The number of carbonyl (C=O) groups excluding carboxylic acids is 1. The van der Waals surface area contributed by atoms with Gasteiger partial charge in [-0.3, -0.25) is 19.8 Å². The number of nitro groups is 1. The number of non-ortho nitro benzene ring substituents is 1. The lowest BCUT2D eigenvalue weighted by Crippen LogP contribution is -2.46. The average Bonchev–Trinajstić information content (AvgIpc) is 2.60. The Morgan fingerprint density at radius 1 is 1.20 bits per heavy atom. The summed E-state index contributed by atoms with van der Waals surface area (Å²) in [5.74, 6) is 0.0654. The van der Waals surface area contributed by atoms with E-state index < -0.39 is 4.92 Å². The van der Waals surface area contributed by atoms with Gasteiger partial charge < -0.3 is 16.0 Å². The third-order valence-corrected chi connectivity index (χ3v) is 3.95. The fourth-order valence-electron chi connectivity index (χ4n) is 2.56. The van der Waals surface area contributed by atoms with Gasteiger partial charge in [-0.25, -0.2) is 0 Å². The highest BCUT2D eigenvalue weighted by molar-refractivity contribution is 5.85. The molecular formula is C16H26ClN5O3. The highest BCUT2D eigenvalue weighted by atomic mass is 35.5. The summed E-state index contributed by atoms with van der Waals surface area (Å²) in [5, 5.41) is 20.0. The maximum absolute atomic E-state index is 11.8. The van der Waals surface area contributed by atoms with Crippen molar-refractivity contribution in [2.75, 3.05) is 51.1 Å². The molecule has 0 bridgehead atoms. The Kier molecular flexibility index (Phi) is 9.83. The number of benzene rings is 1. The summed E-state index contributed by atoms with van der Waals surface area (Å²) in [6.45, 7) is 6.35. The zero-order chi connectivity index (χ0) is 17.2. The smallest absolute Gasteiger partial charge is 0.269 e. The fourth-order valence-corrected chi connectivity index (χ4v) is 2.56. The lowest BCUT2D eigenvalue weighted by Gasteiger charge is -2.27. The maximum atomic E-state index is 11.8. The predicted molar refractivity (Wildman–Crippen MR) is 100 cm³/mol. The van der Waals surface area contributed by atoms with Crippen LogP contribution in [-0.4, -0.2) is 61.5 Å². The molecule has 1 aromatic carbocycles. The van der Waals surface area contributed by atoms with E-state index in [1.807, 2.05) is 0 Å². The van der Waals surface area contributed by atoms with E-state index in [1.54, 1.807) is 12.1 Å². The second-order valence-electron chi connectivity index (χ2n) is 5.78. The summed E-state index contributed by atoms with van der Waals surface area (Å²) in [6, 6.07) is 6.27. The molecule has 0 saturated carbocycles. The number of carbonyl (C=O) groups is 1. The number of amides is 1. The summed E-state index contributed by atoms with van der Waals surface area (Å²) in [4.78, 5) is 24.3. The molecule has 140 valence electrons. The van der Waals surface area contributed by atoms with Crippen LogP contribution in [0.1, 0.15) is 12.8 Å². The molecule has 1 saturated heterocycles. The fraction of sp³-hybridized carbons (Fsp3) is 0.562. The lowest BCUT2D eigenvalue weighted by molar-refractivity contribution is -0.384. The monoisotopic (exact) mass is 371 g/mol. The molecule has 25 heavy (non-hydrogen) atoms. The van der Waals surface area contributed by atoms with Crippen LogP contribution in [0.15, 0.2) is 24.3 Å². The first-order valence-corrected chi connectivity index (χ1v) is 8.33. The van der Waals surface area contributed by atoms with E-state index in [0.29, 0.717) is 19.5 Å². The third kappa shape index (κ3) is 8.15. The van der Waals surface area contributed by atoms with Gasteiger partial charge in [-0.1, -0.05) is 0 Å². The van der Waals surface area contributed by atoms with Gasteiger partial charge in [0.25, 0.3) is 5.69 Å². The largest absolute Gasteiger partial charge is 0.385 e.